The Bertz CT molecular complexity index is 452. The standard InChI is InChI=1S/C10H8ClN3O/c1-2-3-14-6-9(15)13-8-4-7(11)5-12-10(8)14/h1,4-5H,3,6H2,(H,13,15). The molecule has 4 nitrogen and oxygen atoms in total. The Hall–Kier alpha value is -1.73. The fourth-order valence-electron chi connectivity index (χ4n) is 1.45. The van der Waals surface area contributed by atoms with Gasteiger partial charge in [-0.25, -0.2) is 4.98 Å². The van der Waals surface area contributed by atoms with Gasteiger partial charge in [-0.15, -0.1) is 6.42 Å². The summed E-state index contributed by atoms with van der Waals surface area (Å²) in [5.74, 6) is 3.04. The minimum atomic E-state index is -0.109. The number of anilines is 2. The Morgan fingerprint density at radius 3 is 3.27 bits per heavy atom. The number of halogens is 1. The number of hydrogen-bond donors (Lipinski definition) is 1. The summed E-state index contributed by atoms with van der Waals surface area (Å²) in [5, 5.41) is 3.18. The number of terminal acetylenes is 1. The topological polar surface area (TPSA) is 45.2 Å². The maximum Gasteiger partial charge on any atom is 0.244 e. The van der Waals surface area contributed by atoms with Crippen LogP contribution in [-0.2, 0) is 4.79 Å². The molecule has 0 fully saturated rings. The van der Waals surface area contributed by atoms with Crippen LogP contribution in [-0.4, -0.2) is 24.0 Å². The molecule has 1 aromatic heterocycles. The average molecular weight is 222 g/mol. The van der Waals surface area contributed by atoms with Crippen LogP contribution in [0.4, 0.5) is 11.5 Å². The van der Waals surface area contributed by atoms with Gasteiger partial charge in [-0.05, 0) is 6.07 Å². The van der Waals surface area contributed by atoms with Gasteiger partial charge in [-0.1, -0.05) is 17.5 Å². The van der Waals surface area contributed by atoms with E-state index in [1.165, 1.54) is 6.20 Å². The van der Waals surface area contributed by atoms with Crippen molar-refractivity contribution in [2.24, 2.45) is 0 Å². The van der Waals surface area contributed by atoms with Crippen molar-refractivity contribution in [2.75, 3.05) is 23.3 Å². The molecule has 15 heavy (non-hydrogen) atoms. The summed E-state index contributed by atoms with van der Waals surface area (Å²) in [4.78, 5) is 17.2. The zero-order chi connectivity index (χ0) is 10.8. The average Bonchev–Trinajstić information content (AvgIpc) is 2.17. The lowest BCUT2D eigenvalue weighted by molar-refractivity contribution is -0.115. The normalized spacial score (nSPS) is 14.1. The first-order valence-corrected chi connectivity index (χ1v) is 4.72. The van der Waals surface area contributed by atoms with E-state index in [1.807, 2.05) is 0 Å². The molecule has 1 aliphatic heterocycles. The van der Waals surface area contributed by atoms with Crippen molar-refractivity contribution >= 4 is 29.0 Å². The van der Waals surface area contributed by atoms with Crippen LogP contribution in [0.15, 0.2) is 12.3 Å². The lowest BCUT2D eigenvalue weighted by Crippen LogP contribution is -2.39. The summed E-state index contributed by atoms with van der Waals surface area (Å²) in [6, 6.07) is 1.66. The molecule has 1 N–H and O–H groups in total. The monoisotopic (exact) mass is 221 g/mol. The maximum absolute atomic E-state index is 11.3. The van der Waals surface area contributed by atoms with Crippen molar-refractivity contribution in [2.45, 2.75) is 0 Å². The first-order chi connectivity index (χ1) is 7.20. The van der Waals surface area contributed by atoms with Gasteiger partial charge in [0.25, 0.3) is 0 Å². The second-order valence-electron chi connectivity index (χ2n) is 3.13. The Balaban J connectivity index is 2.42. The molecule has 0 saturated heterocycles. The number of nitrogens with zero attached hydrogens (tertiary/aromatic N) is 2. The van der Waals surface area contributed by atoms with Gasteiger partial charge in [0.05, 0.1) is 23.8 Å². The van der Waals surface area contributed by atoms with Crippen molar-refractivity contribution in [1.82, 2.24) is 4.98 Å². The predicted molar refractivity (Wildman–Crippen MR) is 58.9 cm³/mol. The van der Waals surface area contributed by atoms with E-state index in [2.05, 4.69) is 16.2 Å². The molecule has 0 atom stereocenters. The second kappa shape index (κ2) is 3.79. The first kappa shape index (κ1) is 9.81. The molecule has 0 saturated carbocycles. The number of carbonyl (C=O) groups is 1. The Kier molecular flexibility index (Phi) is 2.48. The number of nitrogens with one attached hydrogen (secondary N) is 1. The van der Waals surface area contributed by atoms with Gasteiger partial charge in [0.1, 0.15) is 0 Å². The lowest BCUT2D eigenvalue weighted by atomic mass is 10.2. The number of carbonyl (C=O) groups excluding carboxylic acids is 1. The van der Waals surface area contributed by atoms with Gasteiger partial charge in [0.2, 0.25) is 5.91 Å². The van der Waals surface area contributed by atoms with Gasteiger partial charge in [0.15, 0.2) is 5.82 Å². The molecule has 5 heteroatoms. The van der Waals surface area contributed by atoms with Crippen LogP contribution in [0.1, 0.15) is 0 Å². The fourth-order valence-corrected chi connectivity index (χ4v) is 1.61. The summed E-state index contributed by atoms with van der Waals surface area (Å²) in [7, 11) is 0. The van der Waals surface area contributed by atoms with Crippen LogP contribution < -0.4 is 10.2 Å². The van der Waals surface area contributed by atoms with Crippen LogP contribution in [0.5, 0.6) is 0 Å². The van der Waals surface area contributed by atoms with Crippen molar-refractivity contribution in [3.8, 4) is 12.3 Å². The van der Waals surface area contributed by atoms with E-state index in [0.717, 1.165) is 0 Å². The molecule has 2 heterocycles. The summed E-state index contributed by atoms with van der Waals surface area (Å²) in [6.45, 7) is 0.584. The van der Waals surface area contributed by atoms with Crippen LogP contribution in [0.2, 0.25) is 5.02 Å². The molecule has 0 radical (unpaired) electrons. The molecule has 0 spiro atoms. The lowest BCUT2D eigenvalue weighted by Gasteiger charge is -2.27. The van der Waals surface area contributed by atoms with Gasteiger partial charge < -0.3 is 10.2 Å². The summed E-state index contributed by atoms with van der Waals surface area (Å²) >= 11 is 5.78. The summed E-state index contributed by atoms with van der Waals surface area (Å²) in [6.07, 6.45) is 6.74. The van der Waals surface area contributed by atoms with E-state index in [0.29, 0.717) is 23.1 Å². The van der Waals surface area contributed by atoms with Crippen LogP contribution in [0.3, 0.4) is 0 Å². The molecule has 0 unspecified atom stereocenters. The van der Waals surface area contributed by atoms with E-state index in [4.69, 9.17) is 18.0 Å². The van der Waals surface area contributed by atoms with E-state index in [-0.39, 0.29) is 12.5 Å². The zero-order valence-corrected chi connectivity index (χ0v) is 8.58. The highest BCUT2D eigenvalue weighted by Gasteiger charge is 2.22. The first-order valence-electron chi connectivity index (χ1n) is 4.34. The smallest absolute Gasteiger partial charge is 0.244 e. The number of amides is 1. The molecule has 2 rings (SSSR count). The van der Waals surface area contributed by atoms with Gasteiger partial charge in [-0.2, -0.15) is 0 Å². The van der Waals surface area contributed by atoms with Crippen molar-refractivity contribution < 1.29 is 4.79 Å². The summed E-state index contributed by atoms with van der Waals surface area (Å²) < 4.78 is 0. The molecular weight excluding hydrogens is 214 g/mol. The highest BCUT2D eigenvalue weighted by Crippen LogP contribution is 2.28. The van der Waals surface area contributed by atoms with E-state index >= 15 is 0 Å². The van der Waals surface area contributed by atoms with Crippen LogP contribution in [0, 0.1) is 12.3 Å². The van der Waals surface area contributed by atoms with Gasteiger partial charge in [-0.3, -0.25) is 4.79 Å². The van der Waals surface area contributed by atoms with Crippen LogP contribution >= 0.6 is 11.6 Å². The zero-order valence-electron chi connectivity index (χ0n) is 7.83. The highest BCUT2D eigenvalue weighted by atomic mass is 35.5. The summed E-state index contributed by atoms with van der Waals surface area (Å²) in [5.41, 5.74) is 0.606. The van der Waals surface area contributed by atoms with E-state index < -0.39 is 0 Å². The SMILES string of the molecule is C#CCN1CC(=O)Nc2cc(Cl)cnc21. The molecule has 1 amide bonds. The largest absolute Gasteiger partial charge is 0.334 e. The third-order valence-corrected chi connectivity index (χ3v) is 2.23. The molecule has 0 aliphatic carbocycles. The quantitative estimate of drug-likeness (QED) is 0.723. The molecule has 1 aliphatic rings. The number of fused-ring (bicyclic) bond motifs is 1. The molecule has 76 valence electrons. The molecular formula is C10H8ClN3O. The molecule has 1 aromatic rings. The van der Waals surface area contributed by atoms with Gasteiger partial charge >= 0.3 is 0 Å². The van der Waals surface area contributed by atoms with E-state index in [9.17, 15) is 4.79 Å². The van der Waals surface area contributed by atoms with Crippen LogP contribution in [0.25, 0.3) is 0 Å². The maximum atomic E-state index is 11.3. The number of rotatable bonds is 1. The van der Waals surface area contributed by atoms with Crippen molar-refractivity contribution in [3.05, 3.63) is 17.3 Å². The second-order valence-corrected chi connectivity index (χ2v) is 3.57. The third-order valence-electron chi connectivity index (χ3n) is 2.02. The Labute approximate surface area is 92.2 Å². The Morgan fingerprint density at radius 1 is 1.73 bits per heavy atom. The predicted octanol–water partition coefficient (Wildman–Crippen LogP) is 1.13. The molecule has 0 aromatic carbocycles. The number of pyridine rings is 1. The minimum absolute atomic E-state index is 0.109. The molecule has 0 bridgehead atoms. The number of aromatic nitrogens is 1. The van der Waals surface area contributed by atoms with Crippen molar-refractivity contribution in [3.63, 3.8) is 0 Å². The van der Waals surface area contributed by atoms with Crippen molar-refractivity contribution in [1.29, 1.82) is 0 Å². The third kappa shape index (κ3) is 1.88. The Morgan fingerprint density at radius 2 is 2.53 bits per heavy atom. The van der Waals surface area contributed by atoms with E-state index in [1.54, 1.807) is 11.0 Å². The number of hydrogen-bond acceptors (Lipinski definition) is 3. The van der Waals surface area contributed by atoms with Gasteiger partial charge in [0, 0.05) is 6.20 Å². The highest BCUT2D eigenvalue weighted by molar-refractivity contribution is 6.31. The fraction of sp³-hybridized carbons (Fsp3) is 0.200. The minimum Gasteiger partial charge on any atom is -0.334 e.